The number of rotatable bonds is 3. The maximum Gasteiger partial charge on any atom is 0.272 e. The van der Waals surface area contributed by atoms with Crippen LogP contribution in [0.25, 0.3) is 0 Å². The van der Waals surface area contributed by atoms with Crippen molar-refractivity contribution in [3.63, 3.8) is 0 Å². The number of hydrogen-bond acceptors (Lipinski definition) is 1. The van der Waals surface area contributed by atoms with Crippen LogP contribution in [0.3, 0.4) is 0 Å². The van der Waals surface area contributed by atoms with E-state index in [2.05, 4.69) is 5.32 Å². The largest absolute Gasteiger partial charge is 0.316 e. The Balaban J connectivity index is 3.22. The van der Waals surface area contributed by atoms with Gasteiger partial charge in [-0.15, -0.1) is 0 Å². The highest BCUT2D eigenvalue weighted by Crippen LogP contribution is 2.35. The Morgan fingerprint density at radius 1 is 1.43 bits per heavy atom. The summed E-state index contributed by atoms with van der Waals surface area (Å²) in [5, 5.41) is 2.95. The van der Waals surface area contributed by atoms with Gasteiger partial charge in [0.15, 0.2) is 0 Å². The van der Waals surface area contributed by atoms with Crippen LogP contribution in [0.1, 0.15) is 18.1 Å². The Bertz CT molecular complexity index is 320. The van der Waals surface area contributed by atoms with Crippen molar-refractivity contribution in [3.05, 3.63) is 34.3 Å². The molecule has 0 bridgehead atoms. The lowest BCUT2D eigenvalue weighted by Crippen LogP contribution is -2.15. The van der Waals surface area contributed by atoms with Crippen LogP contribution in [-0.4, -0.2) is 7.05 Å². The molecule has 0 heterocycles. The number of halogens is 3. The monoisotopic (exact) mass is 219 g/mol. The molecule has 0 unspecified atom stereocenters. The number of alkyl halides is 2. The molecule has 0 atom stereocenters. The zero-order valence-corrected chi connectivity index (χ0v) is 8.83. The molecule has 78 valence electrons. The lowest BCUT2D eigenvalue weighted by atomic mass is 10.0. The number of hydrogen-bond donors (Lipinski definition) is 1. The van der Waals surface area contributed by atoms with Crippen molar-refractivity contribution in [2.24, 2.45) is 0 Å². The maximum atomic E-state index is 13.2. The molecular weight excluding hydrogens is 208 g/mol. The third-order valence-electron chi connectivity index (χ3n) is 1.91. The summed E-state index contributed by atoms with van der Waals surface area (Å²) in [6.45, 7) is 1.24. The third-order valence-corrected chi connectivity index (χ3v) is 2.22. The molecule has 1 aromatic carbocycles. The SMILES string of the molecule is CNCc1cccc(Cl)c1C(C)(F)F. The van der Waals surface area contributed by atoms with Crippen molar-refractivity contribution in [2.45, 2.75) is 19.4 Å². The summed E-state index contributed by atoms with van der Waals surface area (Å²) in [5.41, 5.74) is 0.448. The predicted molar refractivity (Wildman–Crippen MR) is 53.8 cm³/mol. The molecule has 0 saturated carbocycles. The minimum atomic E-state index is -2.90. The van der Waals surface area contributed by atoms with Gasteiger partial charge in [0, 0.05) is 19.0 Å². The molecule has 0 saturated heterocycles. The van der Waals surface area contributed by atoms with E-state index in [4.69, 9.17) is 11.6 Å². The van der Waals surface area contributed by atoms with E-state index in [1.807, 2.05) is 0 Å². The van der Waals surface area contributed by atoms with E-state index in [0.29, 0.717) is 12.1 Å². The van der Waals surface area contributed by atoms with Crippen molar-refractivity contribution in [3.8, 4) is 0 Å². The van der Waals surface area contributed by atoms with Crippen molar-refractivity contribution in [1.82, 2.24) is 5.32 Å². The molecule has 14 heavy (non-hydrogen) atoms. The van der Waals surface area contributed by atoms with Crippen LogP contribution in [0.2, 0.25) is 5.02 Å². The summed E-state index contributed by atoms with van der Waals surface area (Å²) in [7, 11) is 1.71. The fourth-order valence-corrected chi connectivity index (χ4v) is 1.76. The summed E-state index contributed by atoms with van der Waals surface area (Å²) >= 11 is 5.74. The standard InChI is InChI=1S/C10H12ClF2N/c1-10(12,13)9-7(6-14-2)4-3-5-8(9)11/h3-5,14H,6H2,1-2H3. The van der Waals surface area contributed by atoms with Gasteiger partial charge >= 0.3 is 0 Å². The van der Waals surface area contributed by atoms with E-state index >= 15 is 0 Å². The molecular formula is C10H12ClF2N. The Morgan fingerprint density at radius 2 is 2.07 bits per heavy atom. The summed E-state index contributed by atoms with van der Waals surface area (Å²) in [6, 6.07) is 4.80. The number of benzene rings is 1. The summed E-state index contributed by atoms with van der Waals surface area (Å²) in [4.78, 5) is 0. The van der Waals surface area contributed by atoms with Gasteiger partial charge in [-0.1, -0.05) is 23.7 Å². The van der Waals surface area contributed by atoms with Gasteiger partial charge in [0.2, 0.25) is 0 Å². The van der Waals surface area contributed by atoms with Gasteiger partial charge < -0.3 is 5.32 Å². The molecule has 1 rings (SSSR count). The van der Waals surface area contributed by atoms with E-state index in [9.17, 15) is 8.78 Å². The fraction of sp³-hybridized carbons (Fsp3) is 0.400. The van der Waals surface area contributed by atoms with Gasteiger partial charge in [-0.25, -0.2) is 8.78 Å². The molecule has 0 spiro atoms. The highest BCUT2D eigenvalue weighted by molar-refractivity contribution is 6.31. The second kappa shape index (κ2) is 4.24. The zero-order chi connectivity index (χ0) is 10.8. The molecule has 0 fully saturated rings. The second-order valence-corrected chi connectivity index (χ2v) is 3.60. The smallest absolute Gasteiger partial charge is 0.272 e. The Morgan fingerprint density at radius 3 is 2.57 bits per heavy atom. The minimum Gasteiger partial charge on any atom is -0.316 e. The molecule has 0 amide bonds. The molecule has 4 heteroatoms. The first kappa shape index (κ1) is 11.4. The summed E-state index contributed by atoms with van der Waals surface area (Å²) in [5.74, 6) is -2.90. The first-order chi connectivity index (χ1) is 6.46. The first-order valence-corrected chi connectivity index (χ1v) is 4.65. The molecule has 0 radical (unpaired) electrons. The van der Waals surface area contributed by atoms with Crippen molar-refractivity contribution in [1.29, 1.82) is 0 Å². The van der Waals surface area contributed by atoms with Gasteiger partial charge in [0.05, 0.1) is 5.02 Å². The van der Waals surface area contributed by atoms with Gasteiger partial charge in [-0.2, -0.15) is 0 Å². The van der Waals surface area contributed by atoms with Crippen molar-refractivity contribution in [2.75, 3.05) is 7.05 Å². The summed E-state index contributed by atoms with van der Waals surface area (Å²) in [6.07, 6.45) is 0. The van der Waals surface area contributed by atoms with Crippen LogP contribution >= 0.6 is 11.6 Å². The lowest BCUT2D eigenvalue weighted by molar-refractivity contribution is 0.0166. The highest BCUT2D eigenvalue weighted by Gasteiger charge is 2.29. The zero-order valence-electron chi connectivity index (χ0n) is 8.07. The van der Waals surface area contributed by atoms with Crippen molar-refractivity contribution >= 4 is 11.6 Å². The Hall–Kier alpha value is -0.670. The third kappa shape index (κ3) is 2.42. The molecule has 0 aliphatic heterocycles. The Kier molecular flexibility index (Phi) is 3.45. The van der Waals surface area contributed by atoms with Gasteiger partial charge in [-0.05, 0) is 18.7 Å². The first-order valence-electron chi connectivity index (χ1n) is 4.27. The van der Waals surface area contributed by atoms with Crippen LogP contribution in [-0.2, 0) is 12.5 Å². The Labute approximate surface area is 87.1 Å². The lowest BCUT2D eigenvalue weighted by Gasteiger charge is -2.17. The second-order valence-electron chi connectivity index (χ2n) is 3.19. The average Bonchev–Trinajstić information content (AvgIpc) is 2.02. The molecule has 0 aromatic heterocycles. The van der Waals surface area contributed by atoms with Crippen LogP contribution in [0, 0.1) is 0 Å². The van der Waals surface area contributed by atoms with E-state index < -0.39 is 5.92 Å². The molecule has 1 aromatic rings. The van der Waals surface area contributed by atoms with Crippen LogP contribution in [0.5, 0.6) is 0 Å². The predicted octanol–water partition coefficient (Wildman–Crippen LogP) is 3.17. The topological polar surface area (TPSA) is 12.0 Å². The molecule has 1 N–H and O–H groups in total. The fourth-order valence-electron chi connectivity index (χ4n) is 1.40. The molecule has 1 nitrogen and oxygen atoms in total. The van der Waals surface area contributed by atoms with Crippen LogP contribution in [0.4, 0.5) is 8.78 Å². The average molecular weight is 220 g/mol. The molecule has 0 aliphatic rings. The quantitative estimate of drug-likeness (QED) is 0.824. The van der Waals surface area contributed by atoms with E-state index in [0.717, 1.165) is 6.92 Å². The highest BCUT2D eigenvalue weighted by atomic mass is 35.5. The van der Waals surface area contributed by atoms with Crippen LogP contribution in [0.15, 0.2) is 18.2 Å². The maximum absolute atomic E-state index is 13.2. The van der Waals surface area contributed by atoms with Crippen molar-refractivity contribution < 1.29 is 8.78 Å². The van der Waals surface area contributed by atoms with E-state index in [1.54, 1.807) is 19.2 Å². The normalized spacial score (nSPS) is 11.8. The summed E-state index contributed by atoms with van der Waals surface area (Å²) < 4.78 is 26.4. The van der Waals surface area contributed by atoms with Gasteiger partial charge in [0.25, 0.3) is 5.92 Å². The number of nitrogens with one attached hydrogen (secondary N) is 1. The van der Waals surface area contributed by atoms with Crippen LogP contribution < -0.4 is 5.32 Å². The van der Waals surface area contributed by atoms with E-state index in [1.165, 1.54) is 6.07 Å². The van der Waals surface area contributed by atoms with Gasteiger partial charge in [-0.3, -0.25) is 0 Å². The molecule has 0 aliphatic carbocycles. The van der Waals surface area contributed by atoms with Gasteiger partial charge in [0.1, 0.15) is 0 Å². The van der Waals surface area contributed by atoms with E-state index in [-0.39, 0.29) is 10.6 Å². The minimum absolute atomic E-state index is 0.0870.